The van der Waals surface area contributed by atoms with Crippen molar-refractivity contribution in [2.24, 2.45) is 34.5 Å². The van der Waals surface area contributed by atoms with E-state index in [1.54, 1.807) is 0 Å². The Bertz CT molecular complexity index is 721. The highest BCUT2D eigenvalue weighted by Crippen LogP contribution is 2.69. The summed E-state index contributed by atoms with van der Waals surface area (Å²) in [6.07, 6.45) is 14.0. The maximum Gasteiger partial charge on any atom is 0.486 e. The normalized spacial score (nSPS) is 47.9. The summed E-state index contributed by atoms with van der Waals surface area (Å²) in [6.45, 7) is 10.6. The molecule has 0 amide bonds. The molecule has 6 aliphatic rings. The molecule has 4 bridgehead atoms. The minimum Gasteiger partial charge on any atom is -0.400 e. The maximum atomic E-state index is 13.1. The summed E-state index contributed by atoms with van der Waals surface area (Å²) in [4.78, 5) is 13.1. The molecule has 5 aliphatic carbocycles. The average molecular weight is 382 g/mol. The Hall–Kier alpha value is -0.865. The van der Waals surface area contributed by atoms with Gasteiger partial charge in [-0.05, 0) is 101 Å². The molecule has 1 heterocycles. The molecule has 0 aromatic rings. The highest BCUT2D eigenvalue weighted by molar-refractivity contribution is 6.51. The SMILES string of the molecule is CC1(C)OB(/C=C/C[C@@]2(C)C(=O)C=CC34CC5CC(CC(C5)[C@@H]32)C4)OC1(C)C. The Morgan fingerprint density at radius 2 is 1.64 bits per heavy atom. The van der Waals surface area contributed by atoms with Crippen molar-refractivity contribution in [3.63, 3.8) is 0 Å². The van der Waals surface area contributed by atoms with Crippen LogP contribution in [0, 0.1) is 34.5 Å². The second-order valence-corrected chi connectivity index (χ2v) is 11.7. The van der Waals surface area contributed by atoms with Crippen molar-refractivity contribution in [2.45, 2.75) is 84.3 Å². The number of rotatable bonds is 3. The van der Waals surface area contributed by atoms with E-state index in [-0.39, 0.29) is 29.2 Å². The first-order valence-electron chi connectivity index (χ1n) is 11.3. The maximum absolute atomic E-state index is 13.1. The van der Waals surface area contributed by atoms with Gasteiger partial charge in [0.1, 0.15) is 0 Å². The molecule has 4 saturated carbocycles. The van der Waals surface area contributed by atoms with E-state index in [0.717, 1.165) is 24.2 Å². The van der Waals surface area contributed by atoms with Crippen molar-refractivity contribution < 1.29 is 14.1 Å². The molecule has 6 rings (SSSR count). The van der Waals surface area contributed by atoms with Crippen LogP contribution in [0.3, 0.4) is 0 Å². The quantitative estimate of drug-likeness (QED) is 0.633. The van der Waals surface area contributed by atoms with Gasteiger partial charge in [0.25, 0.3) is 0 Å². The van der Waals surface area contributed by atoms with Gasteiger partial charge in [0.05, 0.1) is 11.2 Å². The molecule has 0 aromatic heterocycles. The predicted octanol–water partition coefficient (Wildman–Crippen LogP) is 5.15. The van der Waals surface area contributed by atoms with Crippen LogP contribution in [-0.2, 0) is 14.1 Å². The Morgan fingerprint density at radius 3 is 2.25 bits per heavy atom. The lowest BCUT2D eigenvalue weighted by atomic mass is 9.38. The third kappa shape index (κ3) is 2.59. The zero-order valence-electron chi connectivity index (χ0n) is 18.2. The average Bonchev–Trinajstić information content (AvgIpc) is 2.77. The van der Waals surface area contributed by atoms with E-state index in [1.165, 1.54) is 32.1 Å². The van der Waals surface area contributed by atoms with Crippen LogP contribution < -0.4 is 0 Å². The number of allylic oxidation sites excluding steroid dienone is 3. The van der Waals surface area contributed by atoms with Crippen molar-refractivity contribution in [1.29, 1.82) is 0 Å². The number of ketones is 1. The van der Waals surface area contributed by atoms with Crippen LogP contribution in [0.15, 0.2) is 24.2 Å². The molecule has 0 aromatic carbocycles. The van der Waals surface area contributed by atoms with Gasteiger partial charge in [-0.3, -0.25) is 4.79 Å². The molecule has 0 radical (unpaired) electrons. The van der Waals surface area contributed by atoms with Crippen LogP contribution in [-0.4, -0.2) is 24.1 Å². The Kier molecular flexibility index (Phi) is 3.99. The van der Waals surface area contributed by atoms with Gasteiger partial charge in [-0.15, -0.1) is 0 Å². The van der Waals surface area contributed by atoms with Crippen LogP contribution in [0.4, 0.5) is 0 Å². The summed E-state index contributed by atoms with van der Waals surface area (Å²) in [5.41, 5.74) is -0.635. The van der Waals surface area contributed by atoms with E-state index < -0.39 is 0 Å². The molecule has 1 spiro atoms. The Balaban J connectivity index is 1.38. The molecule has 3 nitrogen and oxygen atoms in total. The van der Waals surface area contributed by atoms with Crippen LogP contribution in [0.2, 0.25) is 0 Å². The van der Waals surface area contributed by atoms with Gasteiger partial charge < -0.3 is 9.31 Å². The van der Waals surface area contributed by atoms with Gasteiger partial charge in [-0.2, -0.15) is 0 Å². The van der Waals surface area contributed by atoms with E-state index in [9.17, 15) is 4.79 Å². The molecule has 1 aliphatic heterocycles. The van der Waals surface area contributed by atoms with Crippen LogP contribution in [0.5, 0.6) is 0 Å². The third-order valence-corrected chi connectivity index (χ3v) is 9.29. The van der Waals surface area contributed by atoms with Crippen LogP contribution in [0.1, 0.15) is 73.1 Å². The number of carbonyl (C=O) groups excluding carboxylic acids is 1. The highest BCUT2D eigenvalue weighted by atomic mass is 16.7. The molecule has 2 unspecified atom stereocenters. The van der Waals surface area contributed by atoms with Crippen LogP contribution >= 0.6 is 0 Å². The number of carbonyl (C=O) groups is 1. The van der Waals surface area contributed by atoms with E-state index in [4.69, 9.17) is 9.31 Å². The first-order chi connectivity index (χ1) is 13.0. The lowest BCUT2D eigenvalue weighted by Crippen LogP contribution is -2.60. The zero-order chi connectivity index (χ0) is 19.9. The standard InChI is InChI=1S/C24H35BO3/c1-21(2)22(3,4)28-25(27-21)10-6-8-23(5)19(26)7-9-24-14-16-11-17(15-24)13-18(12-16)20(23)24/h6-7,9-10,16-18,20H,8,11-15H2,1-5H3/b10-6+/t16?,17?,18?,20-,23+,24?/m1/s1. The number of hydrogen-bond acceptors (Lipinski definition) is 3. The fraction of sp³-hybridized carbons (Fsp3) is 0.792. The lowest BCUT2D eigenvalue weighted by Gasteiger charge is -2.65. The molecule has 28 heavy (non-hydrogen) atoms. The predicted molar refractivity (Wildman–Crippen MR) is 112 cm³/mol. The third-order valence-electron chi connectivity index (χ3n) is 9.29. The zero-order valence-corrected chi connectivity index (χ0v) is 18.2. The molecule has 1 saturated heterocycles. The summed E-state index contributed by atoms with van der Waals surface area (Å²) < 4.78 is 12.2. The van der Waals surface area contributed by atoms with Crippen molar-refractivity contribution in [2.75, 3.05) is 0 Å². The molecule has 4 heteroatoms. The first-order valence-corrected chi connectivity index (χ1v) is 11.3. The lowest BCUT2D eigenvalue weighted by molar-refractivity contribution is -0.157. The Labute approximate surface area is 170 Å². The summed E-state index contributed by atoms with van der Waals surface area (Å²) in [5.74, 6) is 5.40. The minimum absolute atomic E-state index is 0.285. The van der Waals surface area contributed by atoms with Gasteiger partial charge in [-0.25, -0.2) is 0 Å². The van der Waals surface area contributed by atoms with Gasteiger partial charge in [0, 0.05) is 5.41 Å². The summed E-state index contributed by atoms with van der Waals surface area (Å²) in [5, 5.41) is 0. The van der Waals surface area contributed by atoms with Gasteiger partial charge >= 0.3 is 7.12 Å². The first kappa shape index (κ1) is 19.1. The van der Waals surface area contributed by atoms with E-state index >= 15 is 0 Å². The van der Waals surface area contributed by atoms with Gasteiger partial charge in [-0.1, -0.05) is 25.1 Å². The summed E-state index contributed by atoms with van der Waals surface area (Å²) >= 11 is 0. The van der Waals surface area contributed by atoms with Gasteiger partial charge in [0.2, 0.25) is 0 Å². The minimum atomic E-state index is -0.324. The second-order valence-electron chi connectivity index (χ2n) is 11.7. The highest BCUT2D eigenvalue weighted by Gasteiger charge is 2.63. The van der Waals surface area contributed by atoms with Crippen molar-refractivity contribution >= 4 is 12.9 Å². The summed E-state index contributed by atoms with van der Waals surface area (Å²) in [6, 6.07) is 0. The molecular formula is C24H35BO3. The molecule has 4 atom stereocenters. The number of hydrogen-bond donors (Lipinski definition) is 0. The molecule has 152 valence electrons. The van der Waals surface area contributed by atoms with E-state index in [1.807, 2.05) is 12.1 Å². The van der Waals surface area contributed by atoms with E-state index in [0.29, 0.717) is 11.7 Å². The second kappa shape index (κ2) is 5.85. The largest absolute Gasteiger partial charge is 0.486 e. The monoisotopic (exact) mass is 382 g/mol. The molecular weight excluding hydrogens is 347 g/mol. The van der Waals surface area contributed by atoms with Crippen molar-refractivity contribution in [3.8, 4) is 0 Å². The fourth-order valence-corrected chi connectivity index (χ4v) is 7.70. The smallest absolute Gasteiger partial charge is 0.400 e. The topological polar surface area (TPSA) is 35.5 Å². The summed E-state index contributed by atoms with van der Waals surface area (Å²) in [7, 11) is -0.324. The van der Waals surface area contributed by atoms with Crippen molar-refractivity contribution in [1.82, 2.24) is 0 Å². The Morgan fingerprint density at radius 1 is 1.04 bits per heavy atom. The fourth-order valence-electron chi connectivity index (χ4n) is 7.70. The van der Waals surface area contributed by atoms with Crippen molar-refractivity contribution in [3.05, 3.63) is 24.2 Å². The van der Waals surface area contributed by atoms with Gasteiger partial charge in [0.15, 0.2) is 5.78 Å². The van der Waals surface area contributed by atoms with E-state index in [2.05, 4.69) is 46.8 Å². The molecule has 0 N–H and O–H groups in total. The molecule has 5 fully saturated rings. The van der Waals surface area contributed by atoms with Crippen LogP contribution in [0.25, 0.3) is 0 Å².